The molecule has 9 heteroatoms. The molecule has 0 atom stereocenters. The fraction of sp³-hybridized carbons (Fsp3) is 0.438. The Morgan fingerprint density at radius 2 is 1.88 bits per heavy atom. The molecule has 0 bridgehead atoms. The van der Waals surface area contributed by atoms with Gasteiger partial charge in [0.25, 0.3) is 0 Å². The first-order valence-corrected chi connectivity index (χ1v) is 10.9. The van der Waals surface area contributed by atoms with Gasteiger partial charge in [0.15, 0.2) is 5.82 Å². The van der Waals surface area contributed by atoms with Gasteiger partial charge in [-0.1, -0.05) is 41.7 Å². The summed E-state index contributed by atoms with van der Waals surface area (Å²) in [6.07, 6.45) is 3.54. The third kappa shape index (κ3) is 3.44. The standard InChI is InChI=1S/C16H19N5O2S2/c1-25(22,23)20-9-7-13(8-10-20)15-17-18-16-21(15)19-14(24-16)11-12-5-3-2-4-6-12/h2-6,13H,7-11H2,1H3. The van der Waals surface area contributed by atoms with E-state index < -0.39 is 10.0 Å². The van der Waals surface area contributed by atoms with Crippen LogP contribution in [0.15, 0.2) is 30.3 Å². The Labute approximate surface area is 150 Å². The van der Waals surface area contributed by atoms with Crippen LogP contribution in [-0.2, 0) is 16.4 Å². The fourth-order valence-electron chi connectivity index (χ4n) is 3.21. The van der Waals surface area contributed by atoms with Crippen LogP contribution in [0, 0.1) is 0 Å². The van der Waals surface area contributed by atoms with Crippen LogP contribution < -0.4 is 0 Å². The zero-order valence-corrected chi connectivity index (χ0v) is 15.5. The summed E-state index contributed by atoms with van der Waals surface area (Å²) in [5, 5.41) is 14.3. The number of piperidine rings is 1. The first-order chi connectivity index (χ1) is 12.0. The largest absolute Gasteiger partial charge is 0.234 e. The predicted molar refractivity (Wildman–Crippen MR) is 96.3 cm³/mol. The van der Waals surface area contributed by atoms with Crippen molar-refractivity contribution < 1.29 is 8.42 Å². The summed E-state index contributed by atoms with van der Waals surface area (Å²) in [4.78, 5) is 0.798. The number of nitrogens with zero attached hydrogens (tertiary/aromatic N) is 5. The SMILES string of the molecule is CS(=O)(=O)N1CCC(c2nnc3sc(Cc4ccccc4)nn23)CC1. The number of fused-ring (bicyclic) bond motifs is 1. The molecular weight excluding hydrogens is 358 g/mol. The predicted octanol–water partition coefficient (Wildman–Crippen LogP) is 1.92. The minimum atomic E-state index is -3.11. The Kier molecular flexibility index (Phi) is 4.30. The summed E-state index contributed by atoms with van der Waals surface area (Å²) in [7, 11) is -3.11. The first-order valence-electron chi connectivity index (χ1n) is 8.21. The van der Waals surface area contributed by atoms with E-state index in [4.69, 9.17) is 0 Å². The molecule has 4 rings (SSSR count). The van der Waals surface area contributed by atoms with Crippen LogP contribution in [0.4, 0.5) is 0 Å². The van der Waals surface area contributed by atoms with Gasteiger partial charge in [0.1, 0.15) is 5.01 Å². The molecule has 0 unspecified atom stereocenters. The molecule has 3 aromatic rings. The highest BCUT2D eigenvalue weighted by molar-refractivity contribution is 7.88. The van der Waals surface area contributed by atoms with Gasteiger partial charge < -0.3 is 0 Å². The lowest BCUT2D eigenvalue weighted by Gasteiger charge is -2.28. The molecule has 25 heavy (non-hydrogen) atoms. The number of aromatic nitrogens is 4. The smallest absolute Gasteiger partial charge is 0.213 e. The van der Waals surface area contributed by atoms with Crippen LogP contribution in [0.3, 0.4) is 0 Å². The maximum absolute atomic E-state index is 11.7. The highest BCUT2D eigenvalue weighted by Crippen LogP contribution is 2.29. The fourth-order valence-corrected chi connectivity index (χ4v) is 4.96. The molecule has 1 aliphatic rings. The molecule has 0 spiro atoms. The van der Waals surface area contributed by atoms with Gasteiger partial charge in [0.2, 0.25) is 15.0 Å². The normalized spacial score (nSPS) is 17.3. The van der Waals surface area contributed by atoms with Crippen molar-refractivity contribution in [1.29, 1.82) is 0 Å². The van der Waals surface area contributed by atoms with Crippen LogP contribution in [0.5, 0.6) is 0 Å². The van der Waals surface area contributed by atoms with Gasteiger partial charge in [0.05, 0.1) is 6.26 Å². The van der Waals surface area contributed by atoms with E-state index in [0.29, 0.717) is 13.1 Å². The molecule has 0 aliphatic carbocycles. The molecule has 1 aliphatic heterocycles. The molecule has 3 heterocycles. The molecule has 1 aromatic carbocycles. The van der Waals surface area contributed by atoms with Crippen molar-refractivity contribution >= 4 is 26.3 Å². The van der Waals surface area contributed by atoms with E-state index in [1.807, 2.05) is 22.7 Å². The molecule has 7 nitrogen and oxygen atoms in total. The number of sulfonamides is 1. The Morgan fingerprint density at radius 3 is 2.56 bits per heavy atom. The van der Waals surface area contributed by atoms with Crippen molar-refractivity contribution in [2.24, 2.45) is 0 Å². The number of benzene rings is 1. The summed E-state index contributed by atoms with van der Waals surface area (Å²) in [6, 6.07) is 10.2. The third-order valence-corrected chi connectivity index (χ3v) is 6.75. The van der Waals surface area contributed by atoms with E-state index in [-0.39, 0.29) is 5.92 Å². The summed E-state index contributed by atoms with van der Waals surface area (Å²) in [5.74, 6) is 1.04. The molecule has 0 saturated carbocycles. The summed E-state index contributed by atoms with van der Waals surface area (Å²) in [5.41, 5.74) is 1.22. The molecule has 1 saturated heterocycles. The van der Waals surface area contributed by atoms with Crippen LogP contribution in [0.25, 0.3) is 4.96 Å². The molecular formula is C16H19N5O2S2. The first kappa shape index (κ1) is 16.6. The topological polar surface area (TPSA) is 80.5 Å². The van der Waals surface area contributed by atoms with Crippen molar-refractivity contribution in [3.63, 3.8) is 0 Å². The van der Waals surface area contributed by atoms with Gasteiger partial charge in [-0.05, 0) is 18.4 Å². The third-order valence-electron chi connectivity index (χ3n) is 4.54. The minimum Gasteiger partial charge on any atom is -0.213 e. The van der Waals surface area contributed by atoms with Gasteiger partial charge in [-0.2, -0.15) is 9.61 Å². The number of hydrogen-bond acceptors (Lipinski definition) is 6. The van der Waals surface area contributed by atoms with Crippen LogP contribution in [0.1, 0.15) is 35.2 Å². The Morgan fingerprint density at radius 1 is 1.16 bits per heavy atom. The molecule has 0 amide bonds. The second-order valence-corrected chi connectivity index (χ2v) is 9.37. The van der Waals surface area contributed by atoms with E-state index >= 15 is 0 Å². The van der Waals surface area contributed by atoms with Crippen molar-refractivity contribution in [2.45, 2.75) is 25.2 Å². The van der Waals surface area contributed by atoms with E-state index in [9.17, 15) is 8.42 Å². The van der Waals surface area contributed by atoms with Crippen LogP contribution in [0.2, 0.25) is 0 Å². The average Bonchev–Trinajstić information content (AvgIpc) is 3.15. The Hall–Kier alpha value is -1.84. The van der Waals surface area contributed by atoms with E-state index in [0.717, 1.165) is 35.1 Å². The van der Waals surface area contributed by atoms with E-state index in [1.165, 1.54) is 16.1 Å². The van der Waals surface area contributed by atoms with Crippen molar-refractivity contribution in [1.82, 2.24) is 24.1 Å². The highest BCUT2D eigenvalue weighted by Gasteiger charge is 2.29. The van der Waals surface area contributed by atoms with E-state index in [2.05, 4.69) is 27.4 Å². The summed E-state index contributed by atoms with van der Waals surface area (Å²) in [6.45, 7) is 1.05. The summed E-state index contributed by atoms with van der Waals surface area (Å²) >= 11 is 1.55. The van der Waals surface area contributed by atoms with Gasteiger partial charge in [0, 0.05) is 25.4 Å². The van der Waals surface area contributed by atoms with Crippen molar-refractivity contribution in [3.05, 3.63) is 46.7 Å². The van der Waals surface area contributed by atoms with Crippen molar-refractivity contribution in [3.8, 4) is 0 Å². The Balaban J connectivity index is 1.53. The minimum absolute atomic E-state index is 0.194. The number of hydrogen-bond donors (Lipinski definition) is 0. The molecule has 1 fully saturated rings. The van der Waals surface area contributed by atoms with Gasteiger partial charge >= 0.3 is 0 Å². The molecule has 0 radical (unpaired) electrons. The van der Waals surface area contributed by atoms with Gasteiger partial charge in [-0.3, -0.25) is 0 Å². The molecule has 2 aromatic heterocycles. The van der Waals surface area contributed by atoms with E-state index in [1.54, 1.807) is 11.3 Å². The van der Waals surface area contributed by atoms with Crippen LogP contribution in [-0.4, -0.2) is 51.9 Å². The maximum atomic E-state index is 11.7. The average molecular weight is 377 g/mol. The summed E-state index contributed by atoms with van der Waals surface area (Å²) < 4.78 is 26.7. The second-order valence-electron chi connectivity index (χ2n) is 6.35. The van der Waals surface area contributed by atoms with Crippen molar-refractivity contribution in [2.75, 3.05) is 19.3 Å². The zero-order valence-electron chi connectivity index (χ0n) is 13.9. The lowest BCUT2D eigenvalue weighted by atomic mass is 9.97. The monoisotopic (exact) mass is 377 g/mol. The van der Waals surface area contributed by atoms with Gasteiger partial charge in [-0.15, -0.1) is 10.2 Å². The lowest BCUT2D eigenvalue weighted by molar-refractivity contribution is 0.313. The molecule has 132 valence electrons. The van der Waals surface area contributed by atoms with Gasteiger partial charge in [-0.25, -0.2) is 12.7 Å². The molecule has 0 N–H and O–H groups in total. The maximum Gasteiger partial charge on any atom is 0.234 e. The lowest BCUT2D eigenvalue weighted by Crippen LogP contribution is -2.37. The number of rotatable bonds is 4. The van der Waals surface area contributed by atoms with Crippen LogP contribution >= 0.6 is 11.3 Å². The Bertz CT molecular complexity index is 973. The quantitative estimate of drug-likeness (QED) is 0.694. The zero-order chi connectivity index (χ0) is 17.4. The highest BCUT2D eigenvalue weighted by atomic mass is 32.2. The second kappa shape index (κ2) is 6.47.